The average molecular weight is 343 g/mol. The lowest BCUT2D eigenvalue weighted by molar-refractivity contribution is -0.114. The number of hydrogen-bond acceptors (Lipinski definition) is 6. The van der Waals surface area contributed by atoms with Gasteiger partial charge in [-0.05, 0) is 26.2 Å². The molecule has 0 spiro atoms. The molecule has 1 N–H and O–H groups in total. The second-order valence-corrected chi connectivity index (χ2v) is 6.30. The highest BCUT2D eigenvalue weighted by Crippen LogP contribution is 2.25. The Morgan fingerprint density at radius 2 is 2.08 bits per heavy atom. The Morgan fingerprint density at radius 3 is 2.64 bits per heavy atom. The maximum Gasteiger partial charge on any atom is 0.272 e. The van der Waals surface area contributed by atoms with Crippen molar-refractivity contribution < 1.29 is 9.59 Å². The van der Waals surface area contributed by atoms with Crippen molar-refractivity contribution in [2.75, 3.05) is 32.5 Å². The van der Waals surface area contributed by atoms with Gasteiger partial charge in [-0.3, -0.25) is 9.59 Å². The number of likely N-dealkylation sites (tertiary alicyclic amines) is 1. The first-order chi connectivity index (χ1) is 12.0. The van der Waals surface area contributed by atoms with Gasteiger partial charge in [-0.2, -0.15) is 0 Å². The molecule has 9 heteroatoms. The molecule has 3 rings (SSSR count). The molecule has 0 aliphatic carbocycles. The zero-order chi connectivity index (χ0) is 18.0. The molecule has 0 aromatic carbocycles. The summed E-state index contributed by atoms with van der Waals surface area (Å²) >= 11 is 0. The number of carbonyl (C=O) groups is 2. The van der Waals surface area contributed by atoms with Gasteiger partial charge in [0, 0.05) is 26.2 Å². The van der Waals surface area contributed by atoms with E-state index in [1.165, 1.54) is 13.1 Å². The number of hydrogen-bond donors (Lipinski definition) is 1. The standard InChI is InChI=1S/C16H21N7O2/c1-11(24)19-12-4-5-13(17-8-12)16(25)22-9-14(21(2)3)15(10-22)23-7-6-18-20-23/h4-8,14-15H,9-10H2,1-3H3,(H,19,24)/t14-,15+/m1/s1. The highest BCUT2D eigenvalue weighted by atomic mass is 16.2. The number of nitrogens with one attached hydrogen (secondary N) is 1. The molecule has 0 saturated carbocycles. The van der Waals surface area contributed by atoms with E-state index >= 15 is 0 Å². The van der Waals surface area contributed by atoms with E-state index in [1.54, 1.807) is 27.9 Å². The van der Waals surface area contributed by atoms with Gasteiger partial charge in [0.2, 0.25) is 5.91 Å². The average Bonchev–Trinajstić information content (AvgIpc) is 3.23. The van der Waals surface area contributed by atoms with Gasteiger partial charge in [0.25, 0.3) is 5.91 Å². The highest BCUT2D eigenvalue weighted by molar-refractivity contribution is 5.93. The molecule has 2 amide bonds. The predicted molar refractivity (Wildman–Crippen MR) is 91.0 cm³/mol. The van der Waals surface area contributed by atoms with Crippen molar-refractivity contribution in [2.24, 2.45) is 0 Å². The van der Waals surface area contributed by atoms with Gasteiger partial charge in [0.05, 0.1) is 30.2 Å². The summed E-state index contributed by atoms with van der Waals surface area (Å²) in [5.41, 5.74) is 0.919. The maximum atomic E-state index is 12.8. The van der Waals surface area contributed by atoms with E-state index in [1.807, 2.05) is 20.3 Å². The number of aromatic nitrogens is 4. The molecule has 2 aromatic heterocycles. The summed E-state index contributed by atoms with van der Waals surface area (Å²) in [7, 11) is 3.98. The van der Waals surface area contributed by atoms with Gasteiger partial charge >= 0.3 is 0 Å². The van der Waals surface area contributed by atoms with Crippen LogP contribution in [0.3, 0.4) is 0 Å². The molecule has 1 aliphatic rings. The molecular formula is C16H21N7O2. The fourth-order valence-electron chi connectivity index (χ4n) is 3.06. The van der Waals surface area contributed by atoms with Gasteiger partial charge < -0.3 is 15.1 Å². The maximum absolute atomic E-state index is 12.8. The number of nitrogens with zero attached hydrogens (tertiary/aromatic N) is 6. The fourth-order valence-corrected chi connectivity index (χ4v) is 3.06. The lowest BCUT2D eigenvalue weighted by atomic mass is 10.1. The van der Waals surface area contributed by atoms with Crippen molar-refractivity contribution in [3.05, 3.63) is 36.4 Å². The smallest absolute Gasteiger partial charge is 0.272 e. The third kappa shape index (κ3) is 3.66. The van der Waals surface area contributed by atoms with Crippen molar-refractivity contribution in [3.8, 4) is 0 Å². The molecule has 0 bridgehead atoms. The van der Waals surface area contributed by atoms with Crippen LogP contribution in [0, 0.1) is 0 Å². The van der Waals surface area contributed by atoms with Crippen molar-refractivity contribution in [1.82, 2.24) is 29.8 Å². The summed E-state index contributed by atoms with van der Waals surface area (Å²) in [5.74, 6) is -0.311. The Kier molecular flexibility index (Phi) is 4.75. The van der Waals surface area contributed by atoms with E-state index in [0.29, 0.717) is 24.5 Å². The summed E-state index contributed by atoms with van der Waals surface area (Å²) in [6.45, 7) is 2.56. The number of carbonyl (C=O) groups excluding carboxylic acids is 2. The van der Waals surface area contributed by atoms with Gasteiger partial charge in [-0.25, -0.2) is 9.67 Å². The lowest BCUT2D eigenvalue weighted by Crippen LogP contribution is -2.37. The van der Waals surface area contributed by atoms with Crippen LogP contribution in [0.15, 0.2) is 30.7 Å². The normalized spacial score (nSPS) is 20.1. The molecule has 1 aliphatic heterocycles. The first kappa shape index (κ1) is 17.0. The van der Waals surface area contributed by atoms with E-state index < -0.39 is 0 Å². The third-order valence-electron chi connectivity index (χ3n) is 4.29. The predicted octanol–water partition coefficient (Wildman–Crippen LogP) is 0.259. The molecule has 1 saturated heterocycles. The second kappa shape index (κ2) is 6.98. The molecule has 0 radical (unpaired) electrons. The SMILES string of the molecule is CC(=O)Nc1ccc(C(=O)N2C[C@@H](N(C)C)[C@@H](n3ccnn3)C2)nc1. The Bertz CT molecular complexity index is 742. The molecule has 3 heterocycles. The monoisotopic (exact) mass is 343 g/mol. The lowest BCUT2D eigenvalue weighted by Gasteiger charge is -2.24. The zero-order valence-corrected chi connectivity index (χ0v) is 14.5. The molecule has 2 atom stereocenters. The van der Waals surface area contributed by atoms with Gasteiger partial charge in [0.1, 0.15) is 5.69 Å². The van der Waals surface area contributed by atoms with Gasteiger partial charge in [-0.1, -0.05) is 5.21 Å². The van der Waals surface area contributed by atoms with E-state index in [-0.39, 0.29) is 23.9 Å². The summed E-state index contributed by atoms with van der Waals surface area (Å²) in [4.78, 5) is 31.9. The molecular weight excluding hydrogens is 322 g/mol. The summed E-state index contributed by atoms with van der Waals surface area (Å²) < 4.78 is 1.80. The van der Waals surface area contributed by atoms with Crippen LogP contribution in [-0.2, 0) is 4.79 Å². The van der Waals surface area contributed by atoms with Crippen LogP contribution in [0.2, 0.25) is 0 Å². The minimum absolute atomic E-state index is 0.0418. The Labute approximate surface area is 145 Å². The molecule has 2 aromatic rings. The van der Waals surface area contributed by atoms with Crippen molar-refractivity contribution in [3.63, 3.8) is 0 Å². The third-order valence-corrected chi connectivity index (χ3v) is 4.29. The Balaban J connectivity index is 1.75. The molecule has 9 nitrogen and oxygen atoms in total. The minimum Gasteiger partial charge on any atom is -0.333 e. The minimum atomic E-state index is -0.176. The number of anilines is 1. The Morgan fingerprint density at radius 1 is 1.28 bits per heavy atom. The number of pyridine rings is 1. The van der Waals surface area contributed by atoms with Crippen LogP contribution in [0.1, 0.15) is 23.5 Å². The van der Waals surface area contributed by atoms with Crippen molar-refractivity contribution in [1.29, 1.82) is 0 Å². The highest BCUT2D eigenvalue weighted by Gasteiger charge is 2.38. The van der Waals surface area contributed by atoms with E-state index in [0.717, 1.165) is 0 Å². The van der Waals surface area contributed by atoms with E-state index in [9.17, 15) is 9.59 Å². The second-order valence-electron chi connectivity index (χ2n) is 6.30. The van der Waals surface area contributed by atoms with Crippen LogP contribution in [-0.4, -0.2) is 74.8 Å². The fraction of sp³-hybridized carbons (Fsp3) is 0.438. The Hall–Kier alpha value is -2.81. The first-order valence-corrected chi connectivity index (χ1v) is 8.01. The van der Waals surface area contributed by atoms with E-state index in [2.05, 4.69) is 25.5 Å². The number of amides is 2. The van der Waals surface area contributed by atoms with Crippen LogP contribution in [0.4, 0.5) is 5.69 Å². The first-order valence-electron chi connectivity index (χ1n) is 8.01. The van der Waals surface area contributed by atoms with Crippen LogP contribution in [0.5, 0.6) is 0 Å². The number of rotatable bonds is 4. The summed E-state index contributed by atoms with van der Waals surface area (Å²) in [5, 5.41) is 10.6. The van der Waals surface area contributed by atoms with Gasteiger partial charge in [0.15, 0.2) is 0 Å². The summed E-state index contributed by atoms with van der Waals surface area (Å²) in [6.07, 6.45) is 4.94. The van der Waals surface area contributed by atoms with Gasteiger partial charge in [-0.15, -0.1) is 5.10 Å². The van der Waals surface area contributed by atoms with Crippen LogP contribution >= 0.6 is 0 Å². The van der Waals surface area contributed by atoms with Crippen molar-refractivity contribution in [2.45, 2.75) is 19.0 Å². The molecule has 0 unspecified atom stereocenters. The molecule has 1 fully saturated rings. The molecule has 25 heavy (non-hydrogen) atoms. The quantitative estimate of drug-likeness (QED) is 0.855. The molecule has 132 valence electrons. The zero-order valence-electron chi connectivity index (χ0n) is 14.5. The summed E-state index contributed by atoms with van der Waals surface area (Å²) in [6, 6.07) is 3.49. The van der Waals surface area contributed by atoms with Crippen LogP contribution in [0.25, 0.3) is 0 Å². The van der Waals surface area contributed by atoms with E-state index in [4.69, 9.17) is 0 Å². The number of likely N-dealkylation sites (N-methyl/N-ethyl adjacent to an activating group) is 1. The van der Waals surface area contributed by atoms with Crippen molar-refractivity contribution >= 4 is 17.5 Å². The largest absolute Gasteiger partial charge is 0.333 e. The topological polar surface area (TPSA) is 96.2 Å². The van der Waals surface area contributed by atoms with Crippen LogP contribution < -0.4 is 5.32 Å².